The highest BCUT2D eigenvalue weighted by Gasteiger charge is 2.41. The molecule has 3 amide bonds. The molecule has 1 aromatic rings. The second kappa shape index (κ2) is 9.67. The second-order valence-corrected chi connectivity index (χ2v) is 8.11. The van der Waals surface area contributed by atoms with E-state index in [9.17, 15) is 19.2 Å². The van der Waals surface area contributed by atoms with Gasteiger partial charge in [0.2, 0.25) is 0 Å². The Kier molecular flexibility index (Phi) is 7.53. The summed E-state index contributed by atoms with van der Waals surface area (Å²) >= 11 is 0. The zero-order valence-electron chi connectivity index (χ0n) is 17.8. The Hall–Kier alpha value is -2.70. The van der Waals surface area contributed by atoms with Crippen LogP contribution in [-0.2, 0) is 14.3 Å². The second-order valence-electron chi connectivity index (χ2n) is 8.11. The van der Waals surface area contributed by atoms with Gasteiger partial charge >= 0.3 is 5.97 Å². The van der Waals surface area contributed by atoms with Crippen molar-refractivity contribution < 1.29 is 23.9 Å². The number of amides is 3. The van der Waals surface area contributed by atoms with Crippen LogP contribution < -0.4 is 5.32 Å². The van der Waals surface area contributed by atoms with Gasteiger partial charge in [-0.1, -0.05) is 38.3 Å². The molecule has 7 heteroatoms. The van der Waals surface area contributed by atoms with Crippen LogP contribution in [0.1, 0.15) is 73.2 Å². The molecule has 1 aliphatic rings. The van der Waals surface area contributed by atoms with Gasteiger partial charge in [-0.2, -0.15) is 0 Å². The average molecular weight is 402 g/mol. The number of esters is 1. The summed E-state index contributed by atoms with van der Waals surface area (Å²) in [5.41, 5.74) is 1.40. The zero-order chi connectivity index (χ0) is 21.7. The van der Waals surface area contributed by atoms with Crippen molar-refractivity contribution in [1.29, 1.82) is 0 Å². The number of rotatable bonds is 9. The molecule has 0 radical (unpaired) electrons. The average Bonchev–Trinajstić information content (AvgIpc) is 2.88. The fraction of sp³-hybridized carbons (Fsp3) is 0.545. The molecule has 2 rings (SSSR count). The van der Waals surface area contributed by atoms with Crippen LogP contribution in [0.15, 0.2) is 18.2 Å². The first kappa shape index (κ1) is 22.6. The van der Waals surface area contributed by atoms with Gasteiger partial charge < -0.3 is 10.1 Å². The Balaban J connectivity index is 1.86. The van der Waals surface area contributed by atoms with E-state index in [4.69, 9.17) is 4.74 Å². The summed E-state index contributed by atoms with van der Waals surface area (Å²) in [6, 6.07) is 3.82. The van der Waals surface area contributed by atoms with Gasteiger partial charge in [-0.15, -0.1) is 0 Å². The Morgan fingerprint density at radius 3 is 2.34 bits per heavy atom. The maximum absolute atomic E-state index is 12.6. The number of nitrogens with zero attached hydrogens (tertiary/aromatic N) is 1. The Bertz CT molecular complexity index is 802. The molecule has 1 N–H and O–H groups in total. The number of nitrogens with one attached hydrogen (secondary N) is 1. The van der Waals surface area contributed by atoms with Crippen molar-refractivity contribution in [2.45, 2.75) is 66.0 Å². The van der Waals surface area contributed by atoms with Gasteiger partial charge in [0.1, 0.15) is 6.04 Å². The number of imide groups is 1. The lowest BCUT2D eigenvalue weighted by atomic mass is 10.0. The van der Waals surface area contributed by atoms with E-state index in [2.05, 4.69) is 19.2 Å². The van der Waals surface area contributed by atoms with Crippen molar-refractivity contribution in [3.8, 4) is 0 Å². The van der Waals surface area contributed by atoms with E-state index in [0.29, 0.717) is 5.92 Å². The van der Waals surface area contributed by atoms with E-state index in [1.807, 2.05) is 13.8 Å². The summed E-state index contributed by atoms with van der Waals surface area (Å²) in [6.07, 6.45) is 2.95. The predicted molar refractivity (Wildman–Crippen MR) is 108 cm³/mol. The Morgan fingerprint density at radius 1 is 1.03 bits per heavy atom. The van der Waals surface area contributed by atoms with Crippen LogP contribution in [-0.4, -0.2) is 47.3 Å². The topological polar surface area (TPSA) is 92.8 Å². The third-order valence-corrected chi connectivity index (χ3v) is 4.97. The van der Waals surface area contributed by atoms with Crippen LogP contribution in [0.3, 0.4) is 0 Å². The molecule has 0 saturated heterocycles. The number of aryl methyl sites for hydroxylation is 1. The molecular weight excluding hydrogens is 372 g/mol. The summed E-state index contributed by atoms with van der Waals surface area (Å²) in [7, 11) is 0. The highest BCUT2D eigenvalue weighted by molar-refractivity contribution is 6.22. The maximum Gasteiger partial charge on any atom is 0.329 e. The van der Waals surface area contributed by atoms with Crippen LogP contribution >= 0.6 is 0 Å². The van der Waals surface area contributed by atoms with E-state index in [1.165, 1.54) is 6.92 Å². The van der Waals surface area contributed by atoms with Gasteiger partial charge in [-0.3, -0.25) is 19.3 Å². The fourth-order valence-electron chi connectivity index (χ4n) is 3.31. The molecular formula is C22H30N2O5. The Morgan fingerprint density at radius 2 is 1.69 bits per heavy atom. The molecule has 0 aliphatic carbocycles. The lowest BCUT2D eigenvalue weighted by Gasteiger charge is -2.21. The van der Waals surface area contributed by atoms with E-state index >= 15 is 0 Å². The number of hydrogen-bond donors (Lipinski definition) is 1. The number of ether oxygens (including phenoxy) is 1. The molecule has 1 heterocycles. The van der Waals surface area contributed by atoms with Crippen molar-refractivity contribution in [3.63, 3.8) is 0 Å². The lowest BCUT2D eigenvalue weighted by molar-refractivity contribution is -0.152. The largest absolute Gasteiger partial charge is 0.454 e. The highest BCUT2D eigenvalue weighted by Crippen LogP contribution is 2.26. The van der Waals surface area contributed by atoms with Gasteiger partial charge in [0.25, 0.3) is 17.7 Å². The summed E-state index contributed by atoms with van der Waals surface area (Å²) < 4.78 is 5.04. The SMILES string of the molecule is Cc1ccc2c(c1)C(=O)N(C(C)C(=O)OCC(=O)NC(C)CCCC(C)C)C2=O. The first-order chi connectivity index (χ1) is 13.6. The van der Waals surface area contributed by atoms with Crippen LogP contribution in [0, 0.1) is 12.8 Å². The first-order valence-corrected chi connectivity index (χ1v) is 10.1. The number of carbonyl (C=O) groups is 4. The number of fused-ring (bicyclic) bond motifs is 1. The normalized spacial score (nSPS) is 15.3. The molecule has 0 bridgehead atoms. The van der Waals surface area contributed by atoms with Crippen LogP contribution in [0.25, 0.3) is 0 Å². The predicted octanol–water partition coefficient (Wildman–Crippen LogP) is 2.85. The minimum absolute atomic E-state index is 0.0168. The number of benzene rings is 1. The minimum Gasteiger partial charge on any atom is -0.454 e. The van der Waals surface area contributed by atoms with E-state index in [1.54, 1.807) is 18.2 Å². The Labute approximate surface area is 171 Å². The molecule has 158 valence electrons. The van der Waals surface area contributed by atoms with Gasteiger partial charge in [0.15, 0.2) is 6.61 Å². The van der Waals surface area contributed by atoms with Crippen molar-refractivity contribution in [3.05, 3.63) is 34.9 Å². The highest BCUT2D eigenvalue weighted by atomic mass is 16.5. The quantitative estimate of drug-likeness (QED) is 0.506. The monoisotopic (exact) mass is 402 g/mol. The van der Waals surface area contributed by atoms with E-state index in [0.717, 1.165) is 29.7 Å². The van der Waals surface area contributed by atoms with E-state index < -0.39 is 36.3 Å². The molecule has 1 aliphatic heterocycles. The summed E-state index contributed by atoms with van der Waals surface area (Å²) in [5, 5.41) is 2.79. The van der Waals surface area contributed by atoms with Crippen molar-refractivity contribution in [1.82, 2.24) is 10.2 Å². The van der Waals surface area contributed by atoms with Crippen molar-refractivity contribution >= 4 is 23.7 Å². The zero-order valence-corrected chi connectivity index (χ0v) is 17.8. The van der Waals surface area contributed by atoms with Crippen molar-refractivity contribution in [2.24, 2.45) is 5.92 Å². The van der Waals surface area contributed by atoms with Crippen LogP contribution in [0.4, 0.5) is 0 Å². The third kappa shape index (κ3) is 5.65. The fourth-order valence-corrected chi connectivity index (χ4v) is 3.31. The van der Waals surface area contributed by atoms with E-state index in [-0.39, 0.29) is 17.2 Å². The molecule has 29 heavy (non-hydrogen) atoms. The first-order valence-electron chi connectivity index (χ1n) is 10.1. The molecule has 2 unspecified atom stereocenters. The lowest BCUT2D eigenvalue weighted by Crippen LogP contribution is -2.45. The molecule has 0 spiro atoms. The van der Waals surface area contributed by atoms with Gasteiger partial charge in [-0.05, 0) is 45.2 Å². The number of carbonyl (C=O) groups excluding carboxylic acids is 4. The molecule has 2 atom stereocenters. The summed E-state index contributed by atoms with van der Waals surface area (Å²) in [5.74, 6) is -1.63. The maximum atomic E-state index is 12.6. The third-order valence-electron chi connectivity index (χ3n) is 4.97. The summed E-state index contributed by atoms with van der Waals surface area (Å²) in [4.78, 5) is 50.3. The molecule has 0 fully saturated rings. The van der Waals surface area contributed by atoms with Crippen LogP contribution in [0.2, 0.25) is 0 Å². The van der Waals surface area contributed by atoms with Crippen molar-refractivity contribution in [2.75, 3.05) is 6.61 Å². The van der Waals surface area contributed by atoms with Gasteiger partial charge in [0.05, 0.1) is 11.1 Å². The molecule has 7 nitrogen and oxygen atoms in total. The number of hydrogen-bond acceptors (Lipinski definition) is 5. The summed E-state index contributed by atoms with van der Waals surface area (Å²) in [6.45, 7) is 9.01. The van der Waals surface area contributed by atoms with Crippen LogP contribution in [0.5, 0.6) is 0 Å². The molecule has 1 aromatic carbocycles. The standard InChI is InChI=1S/C22H30N2O5/c1-13(2)7-6-8-15(4)23-19(25)12-29-22(28)16(5)24-20(26)17-10-9-14(3)11-18(17)21(24)27/h9-11,13,15-16H,6-8,12H2,1-5H3,(H,23,25). The molecule has 0 aromatic heterocycles. The van der Waals surface area contributed by atoms with Gasteiger partial charge in [0, 0.05) is 6.04 Å². The van der Waals surface area contributed by atoms with Gasteiger partial charge in [-0.25, -0.2) is 4.79 Å². The molecule has 0 saturated carbocycles. The smallest absolute Gasteiger partial charge is 0.329 e. The minimum atomic E-state index is -1.11.